The van der Waals surface area contributed by atoms with Gasteiger partial charge < -0.3 is 9.84 Å². The number of hydrogen-bond donors (Lipinski definition) is 1. The van der Waals surface area contributed by atoms with Crippen LogP contribution in [0.5, 0.6) is 0 Å². The Morgan fingerprint density at radius 2 is 2.06 bits per heavy atom. The van der Waals surface area contributed by atoms with Crippen molar-refractivity contribution in [2.45, 2.75) is 32.2 Å². The highest BCUT2D eigenvalue weighted by Crippen LogP contribution is 2.12. The lowest BCUT2D eigenvalue weighted by atomic mass is 10.1. The van der Waals surface area contributed by atoms with E-state index >= 15 is 0 Å². The molecular formula is C14H19ClO2. The summed E-state index contributed by atoms with van der Waals surface area (Å²) in [7, 11) is 0. The van der Waals surface area contributed by atoms with Gasteiger partial charge in [0, 0.05) is 5.88 Å². The first-order chi connectivity index (χ1) is 8.13. The highest BCUT2D eigenvalue weighted by atomic mass is 35.5. The number of ether oxygens (including phenoxy) is 1. The summed E-state index contributed by atoms with van der Waals surface area (Å²) in [4.78, 5) is 0. The number of aliphatic hydroxyl groups is 1. The number of benzene rings is 1. The quantitative estimate of drug-likeness (QED) is 0.598. The van der Waals surface area contributed by atoms with E-state index in [1.165, 1.54) is 0 Å². The van der Waals surface area contributed by atoms with Crippen molar-refractivity contribution < 1.29 is 9.84 Å². The summed E-state index contributed by atoms with van der Waals surface area (Å²) in [5, 5.41) is 9.85. The van der Waals surface area contributed by atoms with E-state index in [4.69, 9.17) is 16.3 Å². The molecule has 0 spiro atoms. The van der Waals surface area contributed by atoms with Crippen LogP contribution in [0.15, 0.2) is 42.5 Å². The highest BCUT2D eigenvalue weighted by Gasteiger charge is 2.15. The molecule has 0 heterocycles. The van der Waals surface area contributed by atoms with E-state index in [2.05, 4.69) is 6.58 Å². The third-order valence-electron chi connectivity index (χ3n) is 2.58. The third-order valence-corrected chi connectivity index (χ3v) is 2.96. The molecule has 0 saturated heterocycles. The Morgan fingerprint density at radius 3 is 2.65 bits per heavy atom. The summed E-state index contributed by atoms with van der Waals surface area (Å²) >= 11 is 5.62. The molecule has 0 amide bonds. The summed E-state index contributed by atoms with van der Waals surface area (Å²) < 4.78 is 5.60. The van der Waals surface area contributed by atoms with Gasteiger partial charge in [-0.1, -0.05) is 42.5 Å². The number of aliphatic hydroxyl groups excluding tert-OH is 1. The molecule has 0 aromatic heterocycles. The van der Waals surface area contributed by atoms with Crippen molar-refractivity contribution >= 4 is 11.6 Å². The fourth-order valence-corrected chi connectivity index (χ4v) is 1.54. The summed E-state index contributed by atoms with van der Waals surface area (Å²) in [6, 6.07) is 9.89. The molecule has 0 fully saturated rings. The minimum absolute atomic E-state index is 0.227. The first-order valence-electron chi connectivity index (χ1n) is 5.69. The SMILES string of the molecule is C=C(CCl)C[C@H](O)[C@H](C)OCc1ccccc1. The molecule has 3 heteroatoms. The Bertz CT molecular complexity index is 337. The average Bonchev–Trinajstić information content (AvgIpc) is 2.36. The predicted octanol–water partition coefficient (Wildman–Crippen LogP) is 3.14. The molecule has 94 valence electrons. The smallest absolute Gasteiger partial charge is 0.0836 e. The zero-order valence-corrected chi connectivity index (χ0v) is 10.9. The van der Waals surface area contributed by atoms with E-state index in [0.29, 0.717) is 18.9 Å². The summed E-state index contributed by atoms with van der Waals surface area (Å²) in [6.07, 6.45) is -0.292. The van der Waals surface area contributed by atoms with Gasteiger partial charge in [-0.2, -0.15) is 0 Å². The molecule has 0 unspecified atom stereocenters. The summed E-state index contributed by atoms with van der Waals surface area (Å²) in [5.74, 6) is 0.377. The van der Waals surface area contributed by atoms with Crippen molar-refractivity contribution in [2.75, 3.05) is 5.88 Å². The Balaban J connectivity index is 2.34. The molecule has 2 nitrogen and oxygen atoms in total. The lowest BCUT2D eigenvalue weighted by Crippen LogP contribution is -2.26. The van der Waals surface area contributed by atoms with Gasteiger partial charge in [0.05, 0.1) is 18.8 Å². The van der Waals surface area contributed by atoms with Gasteiger partial charge in [0.15, 0.2) is 0 Å². The molecule has 0 aliphatic heterocycles. The lowest BCUT2D eigenvalue weighted by Gasteiger charge is -2.20. The molecule has 1 aromatic carbocycles. The van der Waals surface area contributed by atoms with Crippen LogP contribution in [0.25, 0.3) is 0 Å². The summed E-state index contributed by atoms with van der Waals surface area (Å²) in [6.45, 7) is 6.13. The Hall–Kier alpha value is -0.830. The first-order valence-corrected chi connectivity index (χ1v) is 6.23. The fraction of sp³-hybridized carbons (Fsp3) is 0.429. The van der Waals surface area contributed by atoms with Gasteiger partial charge in [-0.3, -0.25) is 0 Å². The van der Waals surface area contributed by atoms with Gasteiger partial charge in [0.25, 0.3) is 0 Å². The van der Waals surface area contributed by atoms with Gasteiger partial charge >= 0.3 is 0 Å². The van der Waals surface area contributed by atoms with E-state index in [1.54, 1.807) is 0 Å². The number of alkyl halides is 1. The Morgan fingerprint density at radius 1 is 1.41 bits per heavy atom. The minimum atomic E-state index is -0.551. The third kappa shape index (κ3) is 5.35. The normalized spacial score (nSPS) is 14.3. The molecule has 0 bridgehead atoms. The van der Waals surface area contributed by atoms with Crippen LogP contribution < -0.4 is 0 Å². The maximum Gasteiger partial charge on any atom is 0.0836 e. The van der Waals surface area contributed by atoms with Crippen molar-refractivity contribution in [3.63, 3.8) is 0 Å². The molecule has 2 atom stereocenters. The average molecular weight is 255 g/mol. The molecule has 0 aliphatic carbocycles. The van der Waals surface area contributed by atoms with E-state index < -0.39 is 6.10 Å². The zero-order valence-electron chi connectivity index (χ0n) is 10.1. The largest absolute Gasteiger partial charge is 0.390 e. The van der Waals surface area contributed by atoms with E-state index in [1.807, 2.05) is 37.3 Å². The second-order valence-electron chi connectivity index (χ2n) is 4.16. The lowest BCUT2D eigenvalue weighted by molar-refractivity contribution is -0.0342. The first kappa shape index (κ1) is 14.2. The van der Waals surface area contributed by atoms with Crippen molar-refractivity contribution in [2.24, 2.45) is 0 Å². The monoisotopic (exact) mass is 254 g/mol. The molecule has 0 saturated carbocycles. The maximum absolute atomic E-state index is 9.85. The standard InChI is InChI=1S/C14H19ClO2/c1-11(9-15)8-14(16)12(2)17-10-13-6-4-3-5-7-13/h3-7,12,14,16H,1,8-10H2,2H3/t12-,14-/m0/s1. The van der Waals surface area contributed by atoms with Crippen LogP contribution in [-0.4, -0.2) is 23.2 Å². The maximum atomic E-state index is 9.85. The second-order valence-corrected chi connectivity index (χ2v) is 4.42. The van der Waals surface area contributed by atoms with Gasteiger partial charge in [-0.05, 0) is 18.9 Å². The van der Waals surface area contributed by atoms with Crippen molar-refractivity contribution in [3.8, 4) is 0 Å². The van der Waals surface area contributed by atoms with Crippen molar-refractivity contribution in [3.05, 3.63) is 48.0 Å². The van der Waals surface area contributed by atoms with Crippen LogP contribution >= 0.6 is 11.6 Å². The minimum Gasteiger partial charge on any atom is -0.390 e. The number of halogens is 1. The van der Waals surface area contributed by atoms with Gasteiger partial charge in [0.2, 0.25) is 0 Å². The molecule has 17 heavy (non-hydrogen) atoms. The highest BCUT2D eigenvalue weighted by molar-refractivity contribution is 6.19. The zero-order chi connectivity index (χ0) is 12.7. The van der Waals surface area contributed by atoms with Crippen molar-refractivity contribution in [1.29, 1.82) is 0 Å². The van der Waals surface area contributed by atoms with Crippen LogP contribution in [0.1, 0.15) is 18.9 Å². The predicted molar refractivity (Wildman–Crippen MR) is 71.2 cm³/mol. The van der Waals surface area contributed by atoms with E-state index in [9.17, 15) is 5.11 Å². The second kappa shape index (κ2) is 7.49. The molecule has 0 radical (unpaired) electrons. The molecule has 1 N–H and O–H groups in total. The fourth-order valence-electron chi connectivity index (χ4n) is 1.43. The Labute approximate surface area is 108 Å². The Kier molecular flexibility index (Phi) is 6.27. The van der Waals surface area contributed by atoms with Crippen LogP contribution in [-0.2, 0) is 11.3 Å². The molecular weight excluding hydrogens is 236 g/mol. The van der Waals surface area contributed by atoms with E-state index in [0.717, 1.165) is 11.1 Å². The molecule has 0 aliphatic rings. The van der Waals surface area contributed by atoms with Crippen molar-refractivity contribution in [1.82, 2.24) is 0 Å². The number of hydrogen-bond acceptors (Lipinski definition) is 2. The van der Waals surface area contributed by atoms with Crippen LogP contribution in [0.2, 0.25) is 0 Å². The van der Waals surface area contributed by atoms with E-state index in [-0.39, 0.29) is 6.10 Å². The number of rotatable bonds is 7. The van der Waals surface area contributed by atoms with Crippen LogP contribution in [0.3, 0.4) is 0 Å². The van der Waals surface area contributed by atoms with Gasteiger partial charge in [-0.25, -0.2) is 0 Å². The van der Waals surface area contributed by atoms with Crippen LogP contribution in [0, 0.1) is 0 Å². The van der Waals surface area contributed by atoms with Gasteiger partial charge in [-0.15, -0.1) is 11.6 Å². The summed E-state index contributed by atoms with van der Waals surface area (Å²) in [5.41, 5.74) is 1.93. The molecule has 1 rings (SSSR count). The topological polar surface area (TPSA) is 29.5 Å². The van der Waals surface area contributed by atoms with Gasteiger partial charge in [0.1, 0.15) is 0 Å². The molecule has 1 aromatic rings. The van der Waals surface area contributed by atoms with Crippen LogP contribution in [0.4, 0.5) is 0 Å².